The number of alkyl halides is 1. The molecule has 0 aromatic rings. The first-order chi connectivity index (χ1) is 17.8. The van der Waals surface area contributed by atoms with E-state index in [0.29, 0.717) is 19.0 Å². The van der Waals surface area contributed by atoms with Gasteiger partial charge in [-0.15, -0.1) is 0 Å². The Labute approximate surface area is 222 Å². The van der Waals surface area contributed by atoms with Crippen molar-refractivity contribution in [2.45, 2.75) is 102 Å². The SMILES string of the molecule is CCC/C(C)=C\C(N=CC(F)CC)C(C(=O)NC1CNCCC1O[C@H]1CCCN(C2COC2)C1)C(N)N. The maximum atomic E-state index is 14.0. The Bertz CT molecular complexity index is 762. The molecule has 0 aliphatic carbocycles. The average Bonchev–Trinajstić information content (AvgIpc) is 2.82. The van der Waals surface area contributed by atoms with Crippen LogP contribution in [0.5, 0.6) is 0 Å². The van der Waals surface area contributed by atoms with Crippen LogP contribution >= 0.6 is 0 Å². The van der Waals surface area contributed by atoms with Crippen molar-refractivity contribution in [1.29, 1.82) is 0 Å². The van der Waals surface area contributed by atoms with E-state index >= 15 is 0 Å². The summed E-state index contributed by atoms with van der Waals surface area (Å²) >= 11 is 0. The van der Waals surface area contributed by atoms with Crippen LogP contribution in [0.2, 0.25) is 0 Å². The molecule has 10 heteroatoms. The summed E-state index contributed by atoms with van der Waals surface area (Å²) in [6, 6.07) is -0.344. The van der Waals surface area contributed by atoms with E-state index in [0.717, 1.165) is 70.5 Å². The highest BCUT2D eigenvalue weighted by Gasteiger charge is 2.37. The number of amides is 1. The summed E-state index contributed by atoms with van der Waals surface area (Å²) in [5.74, 6) is -1.10. The van der Waals surface area contributed by atoms with Crippen molar-refractivity contribution in [2.24, 2.45) is 22.4 Å². The van der Waals surface area contributed by atoms with Gasteiger partial charge in [-0.25, -0.2) is 4.39 Å². The van der Waals surface area contributed by atoms with Gasteiger partial charge in [0.1, 0.15) is 6.17 Å². The van der Waals surface area contributed by atoms with Crippen LogP contribution in [-0.2, 0) is 14.3 Å². The Morgan fingerprint density at radius 2 is 2.11 bits per heavy atom. The minimum atomic E-state index is -1.18. The number of carbonyl (C=O) groups is 1. The first-order valence-electron chi connectivity index (χ1n) is 14.2. The molecule has 212 valence electrons. The van der Waals surface area contributed by atoms with E-state index in [2.05, 4.69) is 27.4 Å². The zero-order valence-electron chi connectivity index (χ0n) is 22.9. The number of hydrogen-bond donors (Lipinski definition) is 4. The van der Waals surface area contributed by atoms with E-state index in [1.807, 2.05) is 13.0 Å². The van der Waals surface area contributed by atoms with Crippen molar-refractivity contribution in [3.05, 3.63) is 11.6 Å². The molecular formula is C27H49FN6O3. The lowest BCUT2D eigenvalue weighted by molar-refractivity contribution is -0.132. The smallest absolute Gasteiger partial charge is 0.228 e. The Kier molecular flexibility index (Phi) is 12.4. The van der Waals surface area contributed by atoms with Crippen LogP contribution < -0.4 is 22.1 Å². The van der Waals surface area contributed by atoms with Gasteiger partial charge in [0, 0.05) is 19.3 Å². The normalized spacial score (nSPS) is 28.7. The summed E-state index contributed by atoms with van der Waals surface area (Å²) in [5.41, 5.74) is 13.3. The third-order valence-corrected chi connectivity index (χ3v) is 7.65. The third kappa shape index (κ3) is 9.07. The molecule has 3 aliphatic rings. The highest BCUT2D eigenvalue weighted by atomic mass is 19.1. The van der Waals surface area contributed by atoms with Crippen molar-refractivity contribution in [1.82, 2.24) is 15.5 Å². The summed E-state index contributed by atoms with van der Waals surface area (Å²) in [6.07, 6.45) is 6.17. The zero-order valence-corrected chi connectivity index (χ0v) is 22.9. The average molecular weight is 525 g/mol. The summed E-state index contributed by atoms with van der Waals surface area (Å²) in [4.78, 5) is 20.5. The van der Waals surface area contributed by atoms with Gasteiger partial charge in [-0.3, -0.25) is 14.7 Å². The number of hydrogen-bond acceptors (Lipinski definition) is 8. The first-order valence-corrected chi connectivity index (χ1v) is 14.2. The van der Waals surface area contributed by atoms with E-state index in [9.17, 15) is 9.18 Å². The Hall–Kier alpha value is -1.43. The van der Waals surface area contributed by atoms with Crippen molar-refractivity contribution in [2.75, 3.05) is 39.4 Å². The number of rotatable bonds is 13. The van der Waals surface area contributed by atoms with Crippen molar-refractivity contribution in [3.8, 4) is 0 Å². The molecule has 37 heavy (non-hydrogen) atoms. The van der Waals surface area contributed by atoms with E-state index in [1.165, 1.54) is 6.21 Å². The highest BCUT2D eigenvalue weighted by molar-refractivity contribution is 5.81. The lowest BCUT2D eigenvalue weighted by Gasteiger charge is -2.43. The number of carbonyl (C=O) groups excluding carboxylic acids is 1. The molecule has 0 aromatic heterocycles. The molecule has 3 heterocycles. The number of ether oxygens (including phenoxy) is 2. The van der Waals surface area contributed by atoms with Crippen LogP contribution in [0.3, 0.4) is 0 Å². The predicted molar refractivity (Wildman–Crippen MR) is 145 cm³/mol. The number of likely N-dealkylation sites (tertiary alicyclic amines) is 1. The molecule has 3 fully saturated rings. The summed E-state index contributed by atoms with van der Waals surface area (Å²) in [6.45, 7) is 10.9. The highest BCUT2D eigenvalue weighted by Crippen LogP contribution is 2.23. The van der Waals surface area contributed by atoms with Gasteiger partial charge in [0.2, 0.25) is 5.91 Å². The molecule has 1 amide bonds. The first kappa shape index (κ1) is 30.1. The van der Waals surface area contributed by atoms with Crippen LogP contribution in [0.25, 0.3) is 0 Å². The van der Waals surface area contributed by atoms with Crippen molar-refractivity contribution in [3.63, 3.8) is 0 Å². The molecule has 3 rings (SSSR count). The monoisotopic (exact) mass is 524 g/mol. The number of piperidine rings is 2. The lowest BCUT2D eigenvalue weighted by atomic mass is 9.92. The molecule has 6 N–H and O–H groups in total. The van der Waals surface area contributed by atoms with Crippen LogP contribution in [-0.4, -0.2) is 99.1 Å². The van der Waals surface area contributed by atoms with Gasteiger partial charge in [-0.1, -0.05) is 31.9 Å². The van der Waals surface area contributed by atoms with Gasteiger partial charge in [-0.2, -0.15) is 0 Å². The molecule has 0 saturated carbocycles. The van der Waals surface area contributed by atoms with E-state index in [1.54, 1.807) is 6.92 Å². The topological polar surface area (TPSA) is 127 Å². The minimum Gasteiger partial charge on any atom is -0.378 e. The standard InChI is InChI=1S/C27H49FN6O3/c1-4-7-18(3)12-22(32-13-19(28)5-2)25(26(29)30)27(35)33-23-14-31-10-9-24(23)37-21-8-6-11-34(15-21)20-16-36-17-20/h12-13,19-26,31H,4-11,14-17,29-30H2,1-3H3,(H,33,35)/b18-12-,32-13?/t19?,21-,22?,23?,24?,25?/m0/s1. The van der Waals surface area contributed by atoms with Crippen LogP contribution in [0.1, 0.15) is 59.3 Å². The van der Waals surface area contributed by atoms with E-state index in [4.69, 9.17) is 20.9 Å². The second-order valence-electron chi connectivity index (χ2n) is 10.8. The lowest BCUT2D eigenvalue weighted by Crippen LogP contribution is -2.60. The number of allylic oxidation sites excluding steroid dienone is 1. The Balaban J connectivity index is 1.69. The van der Waals surface area contributed by atoms with Gasteiger partial charge in [0.15, 0.2) is 0 Å². The van der Waals surface area contributed by atoms with Gasteiger partial charge in [0.25, 0.3) is 0 Å². The molecular weight excluding hydrogens is 475 g/mol. The zero-order chi connectivity index (χ0) is 26.8. The van der Waals surface area contributed by atoms with Gasteiger partial charge in [0.05, 0.1) is 55.6 Å². The maximum absolute atomic E-state index is 14.0. The number of nitrogens with two attached hydrogens (primary N) is 2. The molecule has 3 saturated heterocycles. The van der Waals surface area contributed by atoms with Crippen molar-refractivity contribution < 1.29 is 18.7 Å². The molecule has 3 aliphatic heterocycles. The fourth-order valence-corrected chi connectivity index (χ4v) is 5.37. The molecule has 6 atom stereocenters. The van der Waals surface area contributed by atoms with Crippen LogP contribution in [0.4, 0.5) is 4.39 Å². The fourth-order valence-electron chi connectivity index (χ4n) is 5.37. The third-order valence-electron chi connectivity index (χ3n) is 7.65. The quantitative estimate of drug-likeness (QED) is 0.163. The molecule has 0 radical (unpaired) electrons. The predicted octanol–water partition coefficient (Wildman–Crippen LogP) is 1.51. The Morgan fingerprint density at radius 1 is 1.32 bits per heavy atom. The molecule has 0 bridgehead atoms. The molecule has 9 nitrogen and oxygen atoms in total. The minimum absolute atomic E-state index is 0.0999. The number of halogens is 1. The van der Waals surface area contributed by atoms with Crippen LogP contribution in [0, 0.1) is 5.92 Å². The summed E-state index contributed by atoms with van der Waals surface area (Å²) in [7, 11) is 0. The number of nitrogens with zero attached hydrogens (tertiary/aromatic N) is 2. The van der Waals surface area contributed by atoms with Crippen LogP contribution in [0.15, 0.2) is 16.6 Å². The van der Waals surface area contributed by atoms with Gasteiger partial charge in [-0.05, 0) is 52.1 Å². The Morgan fingerprint density at radius 3 is 2.76 bits per heavy atom. The van der Waals surface area contributed by atoms with Gasteiger partial charge >= 0.3 is 0 Å². The second-order valence-corrected chi connectivity index (χ2v) is 10.8. The maximum Gasteiger partial charge on any atom is 0.228 e. The van der Waals surface area contributed by atoms with E-state index in [-0.39, 0.29) is 24.2 Å². The van der Waals surface area contributed by atoms with Gasteiger partial charge < -0.3 is 31.6 Å². The molecule has 0 aromatic carbocycles. The molecule has 5 unspecified atom stereocenters. The summed E-state index contributed by atoms with van der Waals surface area (Å²) < 4.78 is 26.0. The second kappa shape index (κ2) is 15.2. The molecule has 0 spiro atoms. The van der Waals surface area contributed by atoms with Crippen molar-refractivity contribution >= 4 is 12.1 Å². The van der Waals surface area contributed by atoms with E-state index < -0.39 is 24.3 Å². The number of nitrogens with one attached hydrogen (secondary N) is 2. The fraction of sp³-hybridized carbons (Fsp3) is 0.852. The number of aliphatic imine (C=N–C) groups is 1. The summed E-state index contributed by atoms with van der Waals surface area (Å²) in [5, 5.41) is 6.54. The largest absolute Gasteiger partial charge is 0.378 e.